The highest BCUT2D eigenvalue weighted by atomic mass is 35.5. The van der Waals surface area contributed by atoms with Gasteiger partial charge in [-0.2, -0.15) is 0 Å². The first-order chi connectivity index (χ1) is 20.6. The van der Waals surface area contributed by atoms with E-state index >= 15 is 4.39 Å². The molecule has 2 bridgehead atoms. The summed E-state index contributed by atoms with van der Waals surface area (Å²) in [5.74, 6) is 0.195. The number of amides is 3. The van der Waals surface area contributed by atoms with Crippen molar-refractivity contribution in [2.24, 2.45) is 23.7 Å². The SMILES string of the molecule is C=CC(=O)N1C[C@H](C)N(C2NC(=O)N3C4NC(C(Cl)CC42)C2C(F)CCCC2OCCC2CCNC(C(C)C)C23)C[C@H]1C. The molecule has 6 fully saturated rings. The van der Waals surface area contributed by atoms with E-state index in [0.717, 1.165) is 32.2 Å². The van der Waals surface area contributed by atoms with Crippen molar-refractivity contribution in [3.05, 3.63) is 12.7 Å². The minimum Gasteiger partial charge on any atom is -0.378 e. The van der Waals surface area contributed by atoms with Crippen molar-refractivity contribution in [1.82, 2.24) is 30.7 Å². The number of hydrogen-bond acceptors (Lipinski definition) is 6. The van der Waals surface area contributed by atoms with E-state index in [2.05, 4.69) is 60.0 Å². The predicted molar refractivity (Wildman–Crippen MR) is 165 cm³/mol. The summed E-state index contributed by atoms with van der Waals surface area (Å²) in [6.45, 7) is 15.0. The van der Waals surface area contributed by atoms with Crippen molar-refractivity contribution in [3.63, 3.8) is 0 Å². The van der Waals surface area contributed by atoms with E-state index in [1.807, 2.05) is 4.90 Å². The highest BCUT2D eigenvalue weighted by molar-refractivity contribution is 6.21. The zero-order chi connectivity index (χ0) is 30.6. The number of nitrogens with one attached hydrogen (secondary N) is 3. The summed E-state index contributed by atoms with van der Waals surface area (Å²) < 4.78 is 22.4. The van der Waals surface area contributed by atoms with Crippen molar-refractivity contribution < 1.29 is 18.7 Å². The maximum atomic E-state index is 15.8. The van der Waals surface area contributed by atoms with Gasteiger partial charge in [0.25, 0.3) is 0 Å². The third-order valence-electron chi connectivity index (χ3n) is 11.6. The van der Waals surface area contributed by atoms with Gasteiger partial charge in [-0.25, -0.2) is 9.18 Å². The van der Waals surface area contributed by atoms with E-state index in [1.165, 1.54) is 6.08 Å². The van der Waals surface area contributed by atoms with E-state index < -0.39 is 6.17 Å². The summed E-state index contributed by atoms with van der Waals surface area (Å²) in [7, 11) is 0. The zero-order valence-corrected chi connectivity index (χ0v) is 27.0. The third kappa shape index (κ3) is 5.73. The Bertz CT molecular complexity index is 1050. The second-order valence-electron chi connectivity index (χ2n) is 14.4. The van der Waals surface area contributed by atoms with Crippen LogP contribution in [0.4, 0.5) is 9.18 Å². The number of carbonyl (C=O) groups excluding carboxylic acids is 2. The van der Waals surface area contributed by atoms with Crippen molar-refractivity contribution >= 4 is 23.5 Å². The first-order valence-electron chi connectivity index (χ1n) is 16.8. The van der Waals surface area contributed by atoms with Gasteiger partial charge >= 0.3 is 6.03 Å². The molecule has 11 heteroatoms. The number of piperidine rings is 2. The first-order valence-corrected chi connectivity index (χ1v) is 17.2. The lowest BCUT2D eigenvalue weighted by atomic mass is 9.73. The van der Waals surface area contributed by atoms with E-state index in [1.54, 1.807) is 0 Å². The molecule has 11 unspecified atom stereocenters. The van der Waals surface area contributed by atoms with Crippen LogP contribution >= 0.6 is 11.6 Å². The molecule has 1 saturated carbocycles. The fourth-order valence-electron chi connectivity index (χ4n) is 9.47. The summed E-state index contributed by atoms with van der Waals surface area (Å²) in [6.07, 6.45) is 4.37. The Kier molecular flexibility index (Phi) is 9.34. The van der Waals surface area contributed by atoms with E-state index in [0.29, 0.717) is 38.5 Å². The molecule has 6 rings (SSSR count). The Morgan fingerprint density at radius 3 is 2.67 bits per heavy atom. The molecule has 3 amide bonds. The summed E-state index contributed by atoms with van der Waals surface area (Å²) in [5.41, 5.74) is 0. The quantitative estimate of drug-likeness (QED) is 0.331. The Morgan fingerprint density at radius 1 is 1.14 bits per heavy atom. The summed E-state index contributed by atoms with van der Waals surface area (Å²) in [5, 5.41) is 10.8. The number of halogens is 2. The van der Waals surface area contributed by atoms with Gasteiger partial charge in [-0.3, -0.25) is 15.0 Å². The smallest absolute Gasteiger partial charge is 0.320 e. The molecule has 5 heterocycles. The molecule has 0 aromatic rings. The number of rotatable bonds is 3. The number of hydrogen-bond donors (Lipinski definition) is 3. The largest absolute Gasteiger partial charge is 0.378 e. The monoisotopic (exact) mass is 622 g/mol. The van der Waals surface area contributed by atoms with Crippen LogP contribution in [0.3, 0.4) is 0 Å². The lowest BCUT2D eigenvalue weighted by molar-refractivity contribution is -0.135. The average Bonchev–Trinajstić information content (AvgIpc) is 3.00. The number of alkyl halides is 2. The number of fused-ring (bicyclic) bond motifs is 5. The first kappa shape index (κ1) is 31.5. The van der Waals surface area contributed by atoms with Crippen LogP contribution in [-0.2, 0) is 9.53 Å². The van der Waals surface area contributed by atoms with Gasteiger partial charge < -0.3 is 25.2 Å². The Hall–Kier alpha value is -1.46. The summed E-state index contributed by atoms with van der Waals surface area (Å²) in [4.78, 5) is 33.4. The van der Waals surface area contributed by atoms with Gasteiger partial charge in [0.15, 0.2) is 0 Å². The van der Waals surface area contributed by atoms with Gasteiger partial charge in [-0.1, -0.05) is 20.4 Å². The van der Waals surface area contributed by atoms with E-state index in [9.17, 15) is 9.59 Å². The standard InChI is InChI=1S/C32H52ClFN6O3/c1-6-25(41)38-15-19(5)39(16-18(38)4)30-21-14-22(33)28-26-23(34)8-7-9-24(26)43-13-11-20-10-12-35-27(17(2)3)29(20)40(31(21)36-28)32(42)37-30/h6,17-24,26-31,35-36H,1,7-16H2,2-5H3,(H,37,42)/t18-,19+,20?,21?,22?,23?,24?,26?,27?,28?,29?,30?,31?/m1/s1. The van der Waals surface area contributed by atoms with Crippen LogP contribution in [0.2, 0.25) is 0 Å². The number of ether oxygens (including phenoxy) is 1. The fourth-order valence-corrected chi connectivity index (χ4v) is 9.92. The molecule has 9 nitrogen and oxygen atoms in total. The Morgan fingerprint density at radius 2 is 1.93 bits per heavy atom. The van der Waals surface area contributed by atoms with Gasteiger partial charge in [0.1, 0.15) is 6.17 Å². The molecule has 5 aliphatic heterocycles. The summed E-state index contributed by atoms with van der Waals surface area (Å²) >= 11 is 7.27. The van der Waals surface area contributed by atoms with Crippen LogP contribution < -0.4 is 16.0 Å². The molecule has 3 N–H and O–H groups in total. The summed E-state index contributed by atoms with van der Waals surface area (Å²) in [6, 6.07) is -0.238. The molecule has 0 aromatic carbocycles. The average molecular weight is 623 g/mol. The van der Waals surface area contributed by atoms with Crippen LogP contribution in [0.25, 0.3) is 0 Å². The molecular weight excluding hydrogens is 571 g/mol. The van der Waals surface area contributed by atoms with Crippen molar-refractivity contribution in [3.8, 4) is 0 Å². The topological polar surface area (TPSA) is 89.2 Å². The molecular formula is C32H52ClFN6O3. The van der Waals surface area contributed by atoms with Crippen molar-refractivity contribution in [1.29, 1.82) is 0 Å². The normalized spacial score (nSPS) is 45.8. The van der Waals surface area contributed by atoms with Gasteiger partial charge in [0.2, 0.25) is 5.91 Å². The second-order valence-corrected chi connectivity index (χ2v) is 15.0. The minimum atomic E-state index is -0.986. The predicted octanol–water partition coefficient (Wildman–Crippen LogP) is 3.29. The highest BCUT2D eigenvalue weighted by Gasteiger charge is 2.57. The van der Waals surface area contributed by atoms with Gasteiger partial charge in [0, 0.05) is 61.1 Å². The van der Waals surface area contributed by atoms with Crippen molar-refractivity contribution in [2.45, 2.75) is 126 Å². The van der Waals surface area contributed by atoms with Gasteiger partial charge in [0.05, 0.1) is 24.5 Å². The molecule has 0 spiro atoms. The minimum absolute atomic E-state index is 0.00934. The number of carbonyl (C=O) groups is 2. The van der Waals surface area contributed by atoms with Crippen LogP contribution in [0.15, 0.2) is 12.7 Å². The molecule has 5 saturated heterocycles. The lowest BCUT2D eigenvalue weighted by Crippen LogP contribution is -2.80. The number of urea groups is 1. The highest BCUT2D eigenvalue weighted by Crippen LogP contribution is 2.44. The molecule has 1 aliphatic carbocycles. The Balaban J connectivity index is 1.38. The maximum absolute atomic E-state index is 15.8. The number of nitrogens with zero attached hydrogens (tertiary/aromatic N) is 3. The van der Waals surface area contributed by atoms with Gasteiger partial charge in [-0.05, 0) is 76.8 Å². The second kappa shape index (κ2) is 12.7. The fraction of sp³-hybridized carbons (Fsp3) is 0.875. The van der Waals surface area contributed by atoms with Crippen LogP contribution in [0.1, 0.15) is 66.2 Å². The molecule has 242 valence electrons. The lowest BCUT2D eigenvalue weighted by Gasteiger charge is -2.60. The maximum Gasteiger partial charge on any atom is 0.320 e. The van der Waals surface area contributed by atoms with Crippen LogP contribution in [0, 0.1) is 23.7 Å². The molecule has 13 atom stereocenters. The van der Waals surface area contributed by atoms with Crippen molar-refractivity contribution in [2.75, 3.05) is 26.2 Å². The molecule has 43 heavy (non-hydrogen) atoms. The van der Waals surface area contributed by atoms with Crippen LogP contribution in [0.5, 0.6) is 0 Å². The third-order valence-corrected chi connectivity index (χ3v) is 12.0. The van der Waals surface area contributed by atoms with E-state index in [4.69, 9.17) is 16.3 Å². The molecule has 6 aliphatic rings. The molecule has 0 aromatic heterocycles. The Labute approximate surface area is 261 Å². The zero-order valence-electron chi connectivity index (χ0n) is 26.3. The van der Waals surface area contributed by atoms with E-state index in [-0.39, 0.29) is 83.7 Å². The van der Waals surface area contributed by atoms with Crippen LogP contribution in [-0.4, -0.2) is 113 Å². The molecule has 0 radical (unpaired) electrons. The number of piperazine rings is 1. The van der Waals surface area contributed by atoms with Gasteiger partial charge in [-0.15, -0.1) is 11.6 Å².